The highest BCUT2D eigenvalue weighted by Crippen LogP contribution is 2.22. The summed E-state index contributed by atoms with van der Waals surface area (Å²) in [5.41, 5.74) is -0.535. The fourth-order valence-electron chi connectivity index (χ4n) is 2.07. The topological polar surface area (TPSA) is 35.6 Å². The molecule has 0 aromatic rings. The van der Waals surface area contributed by atoms with Gasteiger partial charge in [-0.2, -0.15) is 0 Å². The van der Waals surface area contributed by atoms with Crippen molar-refractivity contribution in [2.45, 2.75) is 45.7 Å². The van der Waals surface area contributed by atoms with Crippen LogP contribution in [0.4, 0.5) is 0 Å². The number of nitrogens with one attached hydrogen (secondary N) is 1. The smallest absolute Gasteiger partial charge is 0.242 e. The molecule has 0 aromatic carbocycles. The Morgan fingerprint density at radius 3 is 2.00 bits per heavy atom. The second kappa shape index (κ2) is 4.94. The normalized spacial score (nSPS) is 19.2. The van der Waals surface area contributed by atoms with Gasteiger partial charge in [0.05, 0.1) is 5.54 Å². The summed E-state index contributed by atoms with van der Waals surface area (Å²) in [5.74, 6) is 0.201. The van der Waals surface area contributed by atoms with E-state index in [0.29, 0.717) is 0 Å². The summed E-state index contributed by atoms with van der Waals surface area (Å²) in [4.78, 5) is 16.7. The number of rotatable bonds is 2. The van der Waals surface area contributed by atoms with Gasteiger partial charge in [-0.1, -0.05) is 0 Å². The first kappa shape index (κ1) is 14.5. The van der Waals surface area contributed by atoms with E-state index in [1.54, 1.807) is 0 Å². The summed E-state index contributed by atoms with van der Waals surface area (Å²) < 4.78 is 0. The van der Waals surface area contributed by atoms with Crippen molar-refractivity contribution in [1.29, 1.82) is 0 Å². The van der Waals surface area contributed by atoms with E-state index in [0.717, 1.165) is 26.2 Å². The number of carbonyl (C=O) groups excluding carboxylic acids is 1. The van der Waals surface area contributed by atoms with E-state index in [9.17, 15) is 4.79 Å². The summed E-state index contributed by atoms with van der Waals surface area (Å²) in [6.45, 7) is 14.1. The van der Waals surface area contributed by atoms with Gasteiger partial charge in [0, 0.05) is 38.8 Å². The van der Waals surface area contributed by atoms with Gasteiger partial charge in [-0.05, 0) is 34.6 Å². The summed E-state index contributed by atoms with van der Waals surface area (Å²) in [5, 5.41) is 3.32. The SMILES string of the molecule is CN(C(=O)C(C)(C)N1CCNCC1)C(C)(C)C. The quantitative estimate of drug-likeness (QED) is 0.781. The maximum absolute atomic E-state index is 12.6. The number of carbonyl (C=O) groups is 1. The monoisotopic (exact) mass is 241 g/mol. The number of amides is 1. The minimum atomic E-state index is -0.413. The average molecular weight is 241 g/mol. The van der Waals surface area contributed by atoms with E-state index < -0.39 is 5.54 Å². The van der Waals surface area contributed by atoms with Crippen molar-refractivity contribution >= 4 is 5.91 Å². The third kappa shape index (κ3) is 3.19. The van der Waals surface area contributed by atoms with Crippen molar-refractivity contribution in [1.82, 2.24) is 15.1 Å². The summed E-state index contributed by atoms with van der Waals surface area (Å²) in [7, 11) is 1.90. The lowest BCUT2D eigenvalue weighted by molar-refractivity contribution is -0.146. The van der Waals surface area contributed by atoms with Crippen LogP contribution in [0, 0.1) is 0 Å². The Kier molecular flexibility index (Phi) is 4.20. The minimum Gasteiger partial charge on any atom is -0.339 e. The van der Waals surface area contributed by atoms with Crippen LogP contribution in [-0.2, 0) is 4.79 Å². The maximum Gasteiger partial charge on any atom is 0.242 e. The van der Waals surface area contributed by atoms with Crippen molar-refractivity contribution in [3.63, 3.8) is 0 Å². The molecule has 1 aliphatic rings. The highest BCUT2D eigenvalue weighted by molar-refractivity contribution is 5.85. The molecule has 0 spiro atoms. The molecule has 1 saturated heterocycles. The van der Waals surface area contributed by atoms with Crippen LogP contribution in [0.5, 0.6) is 0 Å². The molecule has 17 heavy (non-hydrogen) atoms. The zero-order valence-corrected chi connectivity index (χ0v) is 12.1. The molecule has 0 radical (unpaired) electrons. The molecule has 1 N–H and O–H groups in total. The molecule has 1 heterocycles. The summed E-state index contributed by atoms with van der Waals surface area (Å²) >= 11 is 0. The van der Waals surface area contributed by atoms with Gasteiger partial charge >= 0.3 is 0 Å². The zero-order valence-electron chi connectivity index (χ0n) is 12.1. The molecule has 1 amide bonds. The molecule has 1 aliphatic heterocycles. The Balaban J connectivity index is 2.78. The molecule has 0 atom stereocenters. The number of nitrogens with zero attached hydrogens (tertiary/aromatic N) is 2. The van der Waals surface area contributed by atoms with Crippen LogP contribution in [0.2, 0.25) is 0 Å². The van der Waals surface area contributed by atoms with E-state index in [1.807, 2.05) is 25.8 Å². The van der Waals surface area contributed by atoms with Gasteiger partial charge in [0.2, 0.25) is 5.91 Å². The highest BCUT2D eigenvalue weighted by atomic mass is 16.2. The van der Waals surface area contributed by atoms with E-state index in [-0.39, 0.29) is 11.4 Å². The molecule has 4 nitrogen and oxygen atoms in total. The van der Waals surface area contributed by atoms with Gasteiger partial charge in [0.15, 0.2) is 0 Å². The number of piperazine rings is 1. The lowest BCUT2D eigenvalue weighted by atomic mass is 9.96. The van der Waals surface area contributed by atoms with Gasteiger partial charge in [-0.3, -0.25) is 9.69 Å². The predicted molar refractivity (Wildman–Crippen MR) is 71.0 cm³/mol. The molecule has 0 aromatic heterocycles. The van der Waals surface area contributed by atoms with Crippen LogP contribution in [0.3, 0.4) is 0 Å². The standard InChI is InChI=1S/C13H27N3O/c1-12(2,3)15(6)11(17)13(4,5)16-9-7-14-8-10-16/h14H,7-10H2,1-6H3. The third-order valence-corrected chi connectivity index (χ3v) is 3.74. The van der Waals surface area contributed by atoms with E-state index in [2.05, 4.69) is 31.0 Å². The van der Waals surface area contributed by atoms with Crippen molar-refractivity contribution in [2.24, 2.45) is 0 Å². The second-order valence-corrected chi connectivity index (χ2v) is 6.33. The van der Waals surface area contributed by atoms with E-state index >= 15 is 0 Å². The van der Waals surface area contributed by atoms with Gasteiger partial charge < -0.3 is 10.2 Å². The Labute approximate surface area is 105 Å². The Hall–Kier alpha value is -0.610. The third-order valence-electron chi connectivity index (χ3n) is 3.74. The molecule has 1 rings (SSSR count). The first-order valence-electron chi connectivity index (χ1n) is 6.41. The molecule has 4 heteroatoms. The van der Waals surface area contributed by atoms with Crippen LogP contribution in [0.25, 0.3) is 0 Å². The molecule has 0 aliphatic carbocycles. The van der Waals surface area contributed by atoms with Gasteiger partial charge in [-0.15, -0.1) is 0 Å². The summed E-state index contributed by atoms with van der Waals surface area (Å²) in [6, 6.07) is 0. The molecular formula is C13H27N3O. The van der Waals surface area contributed by atoms with Crippen molar-refractivity contribution < 1.29 is 4.79 Å². The Morgan fingerprint density at radius 1 is 1.12 bits per heavy atom. The van der Waals surface area contributed by atoms with Crippen molar-refractivity contribution in [2.75, 3.05) is 33.2 Å². The van der Waals surface area contributed by atoms with E-state index in [1.165, 1.54) is 0 Å². The largest absolute Gasteiger partial charge is 0.339 e. The summed E-state index contributed by atoms with van der Waals surface area (Å²) in [6.07, 6.45) is 0. The second-order valence-electron chi connectivity index (χ2n) is 6.33. The van der Waals surface area contributed by atoms with E-state index in [4.69, 9.17) is 0 Å². The first-order valence-corrected chi connectivity index (χ1v) is 6.41. The number of hydrogen-bond donors (Lipinski definition) is 1. The Bertz CT molecular complexity index is 275. The van der Waals surface area contributed by atoms with Crippen molar-refractivity contribution in [3.05, 3.63) is 0 Å². The number of hydrogen-bond acceptors (Lipinski definition) is 3. The first-order chi connectivity index (χ1) is 7.67. The Morgan fingerprint density at radius 2 is 1.59 bits per heavy atom. The van der Waals surface area contributed by atoms with Crippen LogP contribution < -0.4 is 5.32 Å². The van der Waals surface area contributed by atoms with Gasteiger partial charge in [0.1, 0.15) is 0 Å². The minimum absolute atomic E-state index is 0.123. The molecular weight excluding hydrogens is 214 g/mol. The molecule has 0 bridgehead atoms. The highest BCUT2D eigenvalue weighted by Gasteiger charge is 2.39. The molecule has 0 saturated carbocycles. The van der Waals surface area contributed by atoms with Gasteiger partial charge in [-0.25, -0.2) is 0 Å². The maximum atomic E-state index is 12.6. The lowest BCUT2D eigenvalue weighted by Gasteiger charge is -2.44. The van der Waals surface area contributed by atoms with Crippen LogP contribution in [0.1, 0.15) is 34.6 Å². The molecule has 0 unspecified atom stereocenters. The van der Waals surface area contributed by atoms with Crippen molar-refractivity contribution in [3.8, 4) is 0 Å². The number of likely N-dealkylation sites (N-methyl/N-ethyl adjacent to an activating group) is 1. The molecule has 1 fully saturated rings. The zero-order chi connectivity index (χ0) is 13.3. The molecule has 100 valence electrons. The van der Waals surface area contributed by atoms with Crippen LogP contribution in [0.15, 0.2) is 0 Å². The fraction of sp³-hybridized carbons (Fsp3) is 0.923. The van der Waals surface area contributed by atoms with Crippen LogP contribution in [-0.4, -0.2) is 60.0 Å². The van der Waals surface area contributed by atoms with Gasteiger partial charge in [0.25, 0.3) is 0 Å². The van der Waals surface area contributed by atoms with Crippen LogP contribution >= 0.6 is 0 Å². The lowest BCUT2D eigenvalue weighted by Crippen LogP contribution is -2.62. The fourth-order valence-corrected chi connectivity index (χ4v) is 2.07. The predicted octanol–water partition coefficient (Wildman–Crippen LogP) is 0.927. The average Bonchev–Trinajstić information content (AvgIpc) is 2.27.